The van der Waals surface area contributed by atoms with Crippen molar-refractivity contribution in [3.05, 3.63) is 23.5 Å². The second-order valence-corrected chi connectivity index (χ2v) is 3.69. The summed E-state index contributed by atoms with van der Waals surface area (Å²) in [5.74, 6) is 0. The van der Waals surface area contributed by atoms with E-state index in [1.807, 2.05) is 23.9 Å². The second-order valence-electron chi connectivity index (χ2n) is 3.69. The summed E-state index contributed by atoms with van der Waals surface area (Å²) in [5, 5.41) is 12.1. The minimum Gasteiger partial charge on any atom is -0.383 e. The van der Waals surface area contributed by atoms with Crippen LogP contribution in [0, 0.1) is 11.3 Å². The van der Waals surface area contributed by atoms with E-state index in [-0.39, 0.29) is 0 Å². The molecular weight excluding hydrogens is 190 g/mol. The molecule has 0 amide bonds. The fourth-order valence-electron chi connectivity index (χ4n) is 1.44. The summed E-state index contributed by atoms with van der Waals surface area (Å²) < 4.78 is 6.85. The third kappa shape index (κ3) is 3.39. The lowest BCUT2D eigenvalue weighted by molar-refractivity contribution is 0.171. The van der Waals surface area contributed by atoms with E-state index in [2.05, 4.69) is 18.3 Å². The van der Waals surface area contributed by atoms with Crippen molar-refractivity contribution in [3.63, 3.8) is 0 Å². The molecule has 0 aliphatic rings. The summed E-state index contributed by atoms with van der Waals surface area (Å²) in [6, 6.07) is 4.35. The molecule has 0 bridgehead atoms. The van der Waals surface area contributed by atoms with Gasteiger partial charge in [-0.15, -0.1) is 0 Å². The average molecular weight is 207 g/mol. The van der Waals surface area contributed by atoms with Gasteiger partial charge in [-0.2, -0.15) is 5.26 Å². The van der Waals surface area contributed by atoms with Gasteiger partial charge in [0.2, 0.25) is 0 Å². The summed E-state index contributed by atoms with van der Waals surface area (Å²) in [7, 11) is 3.56. The van der Waals surface area contributed by atoms with Gasteiger partial charge in [-0.05, 0) is 18.6 Å². The van der Waals surface area contributed by atoms with Gasteiger partial charge in [-0.3, -0.25) is 0 Å². The first kappa shape index (κ1) is 11.8. The maximum Gasteiger partial charge on any atom is 0.120 e. The fraction of sp³-hybridized carbons (Fsp3) is 0.545. The lowest BCUT2D eigenvalue weighted by Gasteiger charge is -2.11. The van der Waals surface area contributed by atoms with Crippen LogP contribution in [-0.4, -0.2) is 24.3 Å². The van der Waals surface area contributed by atoms with Crippen LogP contribution in [0.4, 0.5) is 0 Å². The molecule has 0 saturated carbocycles. The Labute approximate surface area is 90.5 Å². The Hall–Kier alpha value is -1.31. The molecule has 1 unspecified atom stereocenters. The minimum absolute atomic E-state index is 0.320. The first-order valence-corrected chi connectivity index (χ1v) is 4.95. The standard InChI is InChI=1S/C11H17N3O/c1-9(8-15-3)13-6-10-4-11(5-12)14(2)7-10/h4,7,9,13H,6,8H2,1-3H3. The van der Waals surface area contributed by atoms with Gasteiger partial charge in [0.05, 0.1) is 6.61 Å². The Morgan fingerprint density at radius 3 is 2.93 bits per heavy atom. The van der Waals surface area contributed by atoms with Crippen LogP contribution in [0.2, 0.25) is 0 Å². The SMILES string of the molecule is COCC(C)NCc1cc(C#N)n(C)c1. The van der Waals surface area contributed by atoms with E-state index >= 15 is 0 Å². The molecule has 4 heteroatoms. The van der Waals surface area contributed by atoms with Crippen LogP contribution in [0.3, 0.4) is 0 Å². The lowest BCUT2D eigenvalue weighted by atomic mass is 10.3. The quantitative estimate of drug-likeness (QED) is 0.784. The monoisotopic (exact) mass is 207 g/mol. The average Bonchev–Trinajstić information content (AvgIpc) is 2.56. The Bertz CT molecular complexity index is 351. The third-order valence-electron chi connectivity index (χ3n) is 2.25. The van der Waals surface area contributed by atoms with Crippen molar-refractivity contribution in [2.45, 2.75) is 19.5 Å². The van der Waals surface area contributed by atoms with Crippen molar-refractivity contribution in [3.8, 4) is 6.07 Å². The highest BCUT2D eigenvalue weighted by atomic mass is 16.5. The first-order valence-electron chi connectivity index (χ1n) is 4.95. The van der Waals surface area contributed by atoms with Crippen molar-refractivity contribution < 1.29 is 4.74 Å². The maximum atomic E-state index is 8.78. The molecule has 1 N–H and O–H groups in total. The molecule has 1 atom stereocenters. The summed E-state index contributed by atoms with van der Waals surface area (Å²) >= 11 is 0. The van der Waals surface area contributed by atoms with Crippen LogP contribution in [0.25, 0.3) is 0 Å². The zero-order chi connectivity index (χ0) is 11.3. The van der Waals surface area contributed by atoms with Crippen LogP contribution in [0.5, 0.6) is 0 Å². The number of hydrogen-bond donors (Lipinski definition) is 1. The van der Waals surface area contributed by atoms with Crippen LogP contribution in [0.1, 0.15) is 18.2 Å². The Morgan fingerprint density at radius 2 is 2.40 bits per heavy atom. The molecule has 82 valence electrons. The van der Waals surface area contributed by atoms with Gasteiger partial charge in [0.15, 0.2) is 0 Å². The summed E-state index contributed by atoms with van der Waals surface area (Å²) in [6.07, 6.45) is 1.96. The molecule has 1 rings (SSSR count). The van der Waals surface area contributed by atoms with Gasteiger partial charge in [0.25, 0.3) is 0 Å². The number of nitrogens with one attached hydrogen (secondary N) is 1. The van der Waals surface area contributed by atoms with E-state index in [0.717, 1.165) is 12.1 Å². The van der Waals surface area contributed by atoms with Crippen LogP contribution >= 0.6 is 0 Å². The first-order chi connectivity index (χ1) is 7.17. The van der Waals surface area contributed by atoms with Gasteiger partial charge in [-0.1, -0.05) is 0 Å². The highest BCUT2D eigenvalue weighted by molar-refractivity contribution is 5.28. The largest absolute Gasteiger partial charge is 0.383 e. The zero-order valence-corrected chi connectivity index (χ0v) is 9.45. The molecule has 1 aromatic heterocycles. The highest BCUT2D eigenvalue weighted by Gasteiger charge is 2.04. The van der Waals surface area contributed by atoms with Gasteiger partial charge in [-0.25, -0.2) is 0 Å². The molecule has 0 aliphatic carbocycles. The van der Waals surface area contributed by atoms with Crippen LogP contribution in [0.15, 0.2) is 12.3 Å². The maximum absolute atomic E-state index is 8.78. The summed E-state index contributed by atoms with van der Waals surface area (Å²) in [6.45, 7) is 3.52. The van der Waals surface area contributed by atoms with Gasteiger partial charge in [0, 0.05) is 32.9 Å². The molecule has 0 aromatic carbocycles. The molecule has 15 heavy (non-hydrogen) atoms. The Kier molecular flexibility index (Phi) is 4.35. The number of aromatic nitrogens is 1. The number of nitriles is 1. The molecule has 0 spiro atoms. The number of hydrogen-bond acceptors (Lipinski definition) is 3. The van der Waals surface area contributed by atoms with Crippen molar-refractivity contribution in [1.82, 2.24) is 9.88 Å². The number of methoxy groups -OCH3 is 1. The zero-order valence-electron chi connectivity index (χ0n) is 9.45. The van der Waals surface area contributed by atoms with Crippen LogP contribution < -0.4 is 5.32 Å². The van der Waals surface area contributed by atoms with E-state index in [9.17, 15) is 0 Å². The normalized spacial score (nSPS) is 12.4. The van der Waals surface area contributed by atoms with E-state index in [1.165, 1.54) is 0 Å². The fourth-order valence-corrected chi connectivity index (χ4v) is 1.44. The number of rotatable bonds is 5. The molecule has 0 aliphatic heterocycles. The minimum atomic E-state index is 0.320. The van der Waals surface area contributed by atoms with E-state index in [1.54, 1.807) is 7.11 Å². The summed E-state index contributed by atoms with van der Waals surface area (Å²) in [5.41, 5.74) is 1.81. The summed E-state index contributed by atoms with van der Waals surface area (Å²) in [4.78, 5) is 0. The van der Waals surface area contributed by atoms with Crippen molar-refractivity contribution in [2.75, 3.05) is 13.7 Å². The molecule has 4 nitrogen and oxygen atoms in total. The van der Waals surface area contributed by atoms with Crippen LogP contribution in [-0.2, 0) is 18.3 Å². The molecule has 0 radical (unpaired) electrons. The van der Waals surface area contributed by atoms with Gasteiger partial charge in [0.1, 0.15) is 11.8 Å². The van der Waals surface area contributed by atoms with Gasteiger partial charge < -0.3 is 14.6 Å². The van der Waals surface area contributed by atoms with E-state index in [4.69, 9.17) is 10.00 Å². The Balaban J connectivity index is 2.48. The van der Waals surface area contributed by atoms with Gasteiger partial charge >= 0.3 is 0 Å². The molecule has 1 aromatic rings. The van der Waals surface area contributed by atoms with E-state index in [0.29, 0.717) is 18.3 Å². The highest BCUT2D eigenvalue weighted by Crippen LogP contribution is 2.05. The smallest absolute Gasteiger partial charge is 0.120 e. The topological polar surface area (TPSA) is 50.0 Å². The molecular formula is C11H17N3O. The molecule has 0 fully saturated rings. The second kappa shape index (κ2) is 5.54. The lowest BCUT2D eigenvalue weighted by Crippen LogP contribution is -2.29. The predicted octanol–water partition coefficient (Wildman–Crippen LogP) is 1.02. The number of aryl methyl sites for hydroxylation is 1. The Morgan fingerprint density at radius 1 is 1.67 bits per heavy atom. The molecule has 0 saturated heterocycles. The molecule has 1 heterocycles. The van der Waals surface area contributed by atoms with E-state index < -0.39 is 0 Å². The van der Waals surface area contributed by atoms with Crippen molar-refractivity contribution in [2.24, 2.45) is 7.05 Å². The number of nitrogens with zero attached hydrogens (tertiary/aromatic N) is 2. The predicted molar refractivity (Wildman–Crippen MR) is 58.3 cm³/mol. The van der Waals surface area contributed by atoms with Crippen molar-refractivity contribution >= 4 is 0 Å². The third-order valence-corrected chi connectivity index (χ3v) is 2.25. The number of ether oxygens (including phenoxy) is 1. The van der Waals surface area contributed by atoms with Crippen molar-refractivity contribution in [1.29, 1.82) is 5.26 Å².